The molecule has 0 saturated carbocycles. The SMILES string of the molecule is CCCCN(C)S(=O)(=O)NC(C)C(C)CO. The van der Waals surface area contributed by atoms with Crippen LogP contribution in [0.4, 0.5) is 0 Å². The highest BCUT2D eigenvalue weighted by Gasteiger charge is 2.22. The summed E-state index contributed by atoms with van der Waals surface area (Å²) in [5.74, 6) is -0.0886. The molecule has 0 aromatic carbocycles. The van der Waals surface area contributed by atoms with Crippen molar-refractivity contribution in [1.29, 1.82) is 0 Å². The molecule has 6 heteroatoms. The van der Waals surface area contributed by atoms with Crippen LogP contribution in [0, 0.1) is 5.92 Å². The molecule has 0 aromatic heterocycles. The second-order valence-corrected chi connectivity index (χ2v) is 6.06. The molecule has 0 rings (SSSR count). The molecular formula is C10H24N2O3S. The van der Waals surface area contributed by atoms with E-state index >= 15 is 0 Å². The molecule has 0 aliphatic rings. The molecule has 2 unspecified atom stereocenters. The molecule has 0 amide bonds. The van der Waals surface area contributed by atoms with Crippen molar-refractivity contribution in [3.05, 3.63) is 0 Å². The van der Waals surface area contributed by atoms with E-state index in [1.807, 2.05) is 6.92 Å². The third-order valence-electron chi connectivity index (χ3n) is 2.71. The average molecular weight is 252 g/mol. The first kappa shape index (κ1) is 15.8. The second kappa shape index (κ2) is 7.21. The molecule has 0 fully saturated rings. The van der Waals surface area contributed by atoms with Gasteiger partial charge in [-0.1, -0.05) is 20.3 Å². The molecule has 2 atom stereocenters. The van der Waals surface area contributed by atoms with E-state index in [0.29, 0.717) is 6.54 Å². The Morgan fingerprint density at radius 1 is 1.38 bits per heavy atom. The van der Waals surface area contributed by atoms with Crippen molar-refractivity contribution in [3.8, 4) is 0 Å². The standard InChI is InChI=1S/C10H24N2O3S/c1-5-6-7-12(4)16(14,15)11-10(3)9(2)8-13/h9-11,13H,5-8H2,1-4H3. The quantitative estimate of drug-likeness (QED) is 0.663. The van der Waals surface area contributed by atoms with Gasteiger partial charge in [0.25, 0.3) is 10.2 Å². The van der Waals surface area contributed by atoms with Gasteiger partial charge in [0.2, 0.25) is 0 Å². The first-order valence-corrected chi connectivity index (χ1v) is 7.13. The third-order valence-corrected chi connectivity index (χ3v) is 4.39. The van der Waals surface area contributed by atoms with Gasteiger partial charge in [0.1, 0.15) is 0 Å². The van der Waals surface area contributed by atoms with Gasteiger partial charge in [0.15, 0.2) is 0 Å². The fourth-order valence-corrected chi connectivity index (χ4v) is 2.35. The monoisotopic (exact) mass is 252 g/mol. The summed E-state index contributed by atoms with van der Waals surface area (Å²) in [6.45, 7) is 6.07. The molecule has 5 nitrogen and oxygen atoms in total. The van der Waals surface area contributed by atoms with E-state index in [0.717, 1.165) is 12.8 Å². The van der Waals surface area contributed by atoms with Crippen LogP contribution in [0.25, 0.3) is 0 Å². The first-order valence-electron chi connectivity index (χ1n) is 5.69. The Kier molecular flexibility index (Phi) is 7.14. The van der Waals surface area contributed by atoms with E-state index in [1.54, 1.807) is 20.9 Å². The highest BCUT2D eigenvalue weighted by Crippen LogP contribution is 2.05. The maximum absolute atomic E-state index is 11.8. The van der Waals surface area contributed by atoms with Crippen LogP contribution in [-0.2, 0) is 10.2 Å². The Morgan fingerprint density at radius 3 is 2.38 bits per heavy atom. The molecule has 98 valence electrons. The number of nitrogens with one attached hydrogen (secondary N) is 1. The fourth-order valence-electron chi connectivity index (χ4n) is 1.10. The maximum Gasteiger partial charge on any atom is 0.279 e. The maximum atomic E-state index is 11.8. The Balaban J connectivity index is 4.33. The normalized spacial score (nSPS) is 16.4. The van der Waals surface area contributed by atoms with Crippen molar-refractivity contribution >= 4 is 10.2 Å². The lowest BCUT2D eigenvalue weighted by Gasteiger charge is -2.23. The minimum Gasteiger partial charge on any atom is -0.396 e. The number of aliphatic hydroxyl groups excluding tert-OH is 1. The smallest absolute Gasteiger partial charge is 0.279 e. The van der Waals surface area contributed by atoms with Gasteiger partial charge in [0, 0.05) is 26.2 Å². The molecule has 0 spiro atoms. The van der Waals surface area contributed by atoms with Crippen molar-refractivity contribution in [2.75, 3.05) is 20.2 Å². The lowest BCUT2D eigenvalue weighted by molar-refractivity contribution is 0.215. The fraction of sp³-hybridized carbons (Fsp3) is 1.00. The molecule has 2 N–H and O–H groups in total. The molecule has 0 radical (unpaired) electrons. The molecule has 0 aliphatic carbocycles. The third kappa shape index (κ3) is 5.25. The van der Waals surface area contributed by atoms with Crippen LogP contribution in [0.15, 0.2) is 0 Å². The van der Waals surface area contributed by atoms with Gasteiger partial charge in [-0.3, -0.25) is 0 Å². The van der Waals surface area contributed by atoms with Crippen molar-refractivity contribution in [2.24, 2.45) is 5.92 Å². The Labute approximate surface area is 99.0 Å². The zero-order valence-corrected chi connectivity index (χ0v) is 11.4. The number of nitrogens with zero attached hydrogens (tertiary/aromatic N) is 1. The number of rotatable bonds is 8. The molecular weight excluding hydrogens is 228 g/mol. The van der Waals surface area contributed by atoms with Gasteiger partial charge >= 0.3 is 0 Å². The van der Waals surface area contributed by atoms with E-state index < -0.39 is 10.2 Å². The van der Waals surface area contributed by atoms with Gasteiger partial charge in [-0.2, -0.15) is 17.4 Å². The molecule has 16 heavy (non-hydrogen) atoms. The summed E-state index contributed by atoms with van der Waals surface area (Å²) in [6.07, 6.45) is 1.81. The van der Waals surface area contributed by atoms with Gasteiger partial charge in [-0.05, 0) is 19.3 Å². The summed E-state index contributed by atoms with van der Waals surface area (Å²) < 4.78 is 27.5. The zero-order valence-electron chi connectivity index (χ0n) is 10.6. The number of aliphatic hydroxyl groups is 1. The van der Waals surface area contributed by atoms with Crippen LogP contribution in [0.1, 0.15) is 33.6 Å². The van der Waals surface area contributed by atoms with Crippen LogP contribution < -0.4 is 4.72 Å². The summed E-state index contributed by atoms with van der Waals surface area (Å²) in [4.78, 5) is 0. The van der Waals surface area contributed by atoms with E-state index in [2.05, 4.69) is 4.72 Å². The van der Waals surface area contributed by atoms with Crippen molar-refractivity contribution in [3.63, 3.8) is 0 Å². The molecule has 0 aromatic rings. The first-order chi connectivity index (χ1) is 7.35. The Hall–Kier alpha value is -0.170. The highest BCUT2D eigenvalue weighted by molar-refractivity contribution is 7.87. The van der Waals surface area contributed by atoms with E-state index in [1.165, 1.54) is 4.31 Å². The minimum atomic E-state index is -3.41. The van der Waals surface area contributed by atoms with E-state index in [-0.39, 0.29) is 18.6 Å². The lowest BCUT2D eigenvalue weighted by Crippen LogP contribution is -2.45. The van der Waals surface area contributed by atoms with Crippen molar-refractivity contribution < 1.29 is 13.5 Å². The molecule has 0 aliphatic heterocycles. The summed E-state index contributed by atoms with van der Waals surface area (Å²) >= 11 is 0. The summed E-state index contributed by atoms with van der Waals surface area (Å²) in [6, 6.07) is -0.265. The van der Waals surface area contributed by atoms with Gasteiger partial charge in [-0.25, -0.2) is 0 Å². The summed E-state index contributed by atoms with van der Waals surface area (Å²) in [5.41, 5.74) is 0. The molecule has 0 saturated heterocycles. The minimum absolute atomic E-state index is 0.0254. The lowest BCUT2D eigenvalue weighted by atomic mass is 10.1. The highest BCUT2D eigenvalue weighted by atomic mass is 32.2. The Bertz CT molecular complexity index is 280. The largest absolute Gasteiger partial charge is 0.396 e. The summed E-state index contributed by atoms with van der Waals surface area (Å²) in [7, 11) is -1.85. The van der Waals surface area contributed by atoms with Gasteiger partial charge in [0.05, 0.1) is 0 Å². The predicted octanol–water partition coefficient (Wildman–Crippen LogP) is 0.570. The van der Waals surface area contributed by atoms with E-state index in [4.69, 9.17) is 5.11 Å². The second-order valence-electron chi connectivity index (χ2n) is 4.25. The number of hydrogen-bond donors (Lipinski definition) is 2. The average Bonchev–Trinajstić information content (AvgIpc) is 2.23. The molecule has 0 bridgehead atoms. The van der Waals surface area contributed by atoms with Gasteiger partial charge < -0.3 is 5.11 Å². The molecule has 0 heterocycles. The predicted molar refractivity (Wildman–Crippen MR) is 65.3 cm³/mol. The van der Waals surface area contributed by atoms with Crippen molar-refractivity contribution in [2.45, 2.75) is 39.7 Å². The number of unbranched alkanes of at least 4 members (excludes halogenated alkanes) is 1. The van der Waals surface area contributed by atoms with E-state index in [9.17, 15) is 8.42 Å². The summed E-state index contributed by atoms with van der Waals surface area (Å²) in [5, 5.41) is 8.93. The van der Waals surface area contributed by atoms with Crippen molar-refractivity contribution in [1.82, 2.24) is 9.03 Å². The van der Waals surface area contributed by atoms with Crippen LogP contribution >= 0.6 is 0 Å². The van der Waals surface area contributed by atoms with Crippen LogP contribution in [0.5, 0.6) is 0 Å². The van der Waals surface area contributed by atoms with Gasteiger partial charge in [-0.15, -0.1) is 0 Å². The number of hydrogen-bond acceptors (Lipinski definition) is 3. The van der Waals surface area contributed by atoms with Crippen LogP contribution in [0.3, 0.4) is 0 Å². The van der Waals surface area contributed by atoms with Crippen LogP contribution in [-0.4, -0.2) is 44.1 Å². The topological polar surface area (TPSA) is 69.6 Å². The zero-order chi connectivity index (χ0) is 12.8. The van der Waals surface area contributed by atoms with Crippen LogP contribution in [0.2, 0.25) is 0 Å². The Morgan fingerprint density at radius 2 is 1.94 bits per heavy atom.